The molecule has 0 spiro atoms. The van der Waals surface area contributed by atoms with Gasteiger partial charge in [0.05, 0.1) is 5.02 Å². The van der Waals surface area contributed by atoms with Crippen molar-refractivity contribution in [2.24, 2.45) is 0 Å². The molecule has 0 bridgehead atoms. The van der Waals surface area contributed by atoms with Crippen LogP contribution in [0, 0.1) is 0 Å². The van der Waals surface area contributed by atoms with Crippen molar-refractivity contribution < 1.29 is 9.84 Å². The maximum Gasteiger partial charge on any atom is 0.225 e. The molecule has 1 aromatic heterocycles. The summed E-state index contributed by atoms with van der Waals surface area (Å²) in [5.41, 5.74) is 6.18. The molecule has 0 aliphatic rings. The van der Waals surface area contributed by atoms with Gasteiger partial charge >= 0.3 is 0 Å². The second kappa shape index (κ2) is 6.93. The van der Waals surface area contributed by atoms with Gasteiger partial charge in [-0.3, -0.25) is 0 Å². The van der Waals surface area contributed by atoms with Gasteiger partial charge in [-0.1, -0.05) is 11.6 Å². The van der Waals surface area contributed by atoms with E-state index >= 15 is 0 Å². The molecule has 0 saturated heterocycles. The van der Waals surface area contributed by atoms with Crippen molar-refractivity contribution in [3.8, 4) is 11.6 Å². The molecular formula is C13H15ClN4O2. The smallest absolute Gasteiger partial charge is 0.225 e. The van der Waals surface area contributed by atoms with Crippen LogP contribution in [0.4, 0.5) is 11.6 Å². The third-order valence-electron chi connectivity index (χ3n) is 2.42. The van der Waals surface area contributed by atoms with Crippen LogP contribution in [-0.2, 0) is 0 Å². The fourth-order valence-electron chi connectivity index (χ4n) is 1.48. The number of nitrogens with one attached hydrogen (secondary N) is 1. The lowest BCUT2D eigenvalue weighted by Gasteiger charge is -2.08. The summed E-state index contributed by atoms with van der Waals surface area (Å²) in [6.07, 6.45) is 2.20. The van der Waals surface area contributed by atoms with Crippen molar-refractivity contribution in [2.75, 3.05) is 24.2 Å². The number of benzene rings is 1. The normalized spacial score (nSPS) is 10.3. The third-order valence-corrected chi connectivity index (χ3v) is 2.71. The zero-order chi connectivity index (χ0) is 14.4. The number of halogens is 1. The predicted octanol–water partition coefficient (Wildman–Crippen LogP) is 2.30. The average Bonchev–Trinajstić information content (AvgIpc) is 2.43. The summed E-state index contributed by atoms with van der Waals surface area (Å²) in [4.78, 5) is 8.24. The largest absolute Gasteiger partial charge is 0.437 e. The quantitative estimate of drug-likeness (QED) is 0.559. The van der Waals surface area contributed by atoms with E-state index in [1.54, 1.807) is 30.5 Å². The Kier molecular flexibility index (Phi) is 4.97. The number of aliphatic hydroxyl groups is 1. The number of aliphatic hydroxyl groups excluding tert-OH is 1. The maximum absolute atomic E-state index is 8.72. The zero-order valence-electron chi connectivity index (χ0n) is 10.7. The topological polar surface area (TPSA) is 93.3 Å². The van der Waals surface area contributed by atoms with Gasteiger partial charge in [-0.25, -0.2) is 4.98 Å². The van der Waals surface area contributed by atoms with Gasteiger partial charge in [0.15, 0.2) is 0 Å². The van der Waals surface area contributed by atoms with E-state index in [-0.39, 0.29) is 6.61 Å². The molecule has 0 saturated carbocycles. The van der Waals surface area contributed by atoms with E-state index in [0.29, 0.717) is 41.3 Å². The van der Waals surface area contributed by atoms with E-state index in [9.17, 15) is 0 Å². The van der Waals surface area contributed by atoms with Crippen LogP contribution in [0.15, 0.2) is 30.5 Å². The number of nitrogen functional groups attached to an aromatic ring is 1. The van der Waals surface area contributed by atoms with E-state index < -0.39 is 0 Å². The Labute approximate surface area is 121 Å². The molecule has 20 heavy (non-hydrogen) atoms. The zero-order valence-corrected chi connectivity index (χ0v) is 11.5. The number of hydrogen-bond acceptors (Lipinski definition) is 6. The molecule has 0 radical (unpaired) electrons. The number of hydrogen-bond donors (Lipinski definition) is 3. The highest BCUT2D eigenvalue weighted by Crippen LogP contribution is 2.30. The standard InChI is InChI=1S/C13H15ClN4O2/c14-10-8-9(15)2-3-11(10)20-12-4-6-17-13(18-12)16-5-1-7-19/h2-4,6,8,19H,1,5,7,15H2,(H,16,17,18). The molecule has 0 atom stereocenters. The van der Waals surface area contributed by atoms with Crippen molar-refractivity contribution in [3.05, 3.63) is 35.5 Å². The molecular weight excluding hydrogens is 280 g/mol. The lowest BCUT2D eigenvalue weighted by molar-refractivity contribution is 0.292. The van der Waals surface area contributed by atoms with Gasteiger partial charge in [-0.15, -0.1) is 0 Å². The van der Waals surface area contributed by atoms with Crippen molar-refractivity contribution in [1.82, 2.24) is 9.97 Å². The Bertz CT molecular complexity index is 580. The van der Waals surface area contributed by atoms with Crippen LogP contribution in [0.3, 0.4) is 0 Å². The van der Waals surface area contributed by atoms with E-state index in [4.69, 9.17) is 27.2 Å². The Morgan fingerprint density at radius 3 is 2.95 bits per heavy atom. The molecule has 0 amide bonds. The minimum absolute atomic E-state index is 0.115. The van der Waals surface area contributed by atoms with Crippen molar-refractivity contribution in [1.29, 1.82) is 0 Å². The number of ether oxygens (including phenoxy) is 1. The summed E-state index contributed by atoms with van der Waals surface area (Å²) in [7, 11) is 0. The molecule has 0 unspecified atom stereocenters. The summed E-state index contributed by atoms with van der Waals surface area (Å²) in [5, 5.41) is 12.1. The van der Waals surface area contributed by atoms with Crippen molar-refractivity contribution in [2.45, 2.75) is 6.42 Å². The van der Waals surface area contributed by atoms with Gasteiger partial charge in [0.2, 0.25) is 11.8 Å². The minimum atomic E-state index is 0.115. The summed E-state index contributed by atoms with van der Waals surface area (Å²) < 4.78 is 5.58. The van der Waals surface area contributed by atoms with Crippen LogP contribution in [0.25, 0.3) is 0 Å². The fraction of sp³-hybridized carbons (Fsp3) is 0.231. The number of nitrogens with zero attached hydrogens (tertiary/aromatic N) is 2. The average molecular weight is 295 g/mol. The Morgan fingerprint density at radius 2 is 2.20 bits per heavy atom. The molecule has 4 N–H and O–H groups in total. The van der Waals surface area contributed by atoms with E-state index in [2.05, 4.69) is 15.3 Å². The molecule has 106 valence electrons. The van der Waals surface area contributed by atoms with Crippen LogP contribution >= 0.6 is 11.6 Å². The Morgan fingerprint density at radius 1 is 1.35 bits per heavy atom. The molecule has 1 heterocycles. The first-order valence-electron chi connectivity index (χ1n) is 6.09. The van der Waals surface area contributed by atoms with Gasteiger partial charge in [0.1, 0.15) is 5.75 Å². The van der Waals surface area contributed by atoms with Crippen LogP contribution in [0.1, 0.15) is 6.42 Å². The third kappa shape index (κ3) is 3.97. The number of nitrogens with two attached hydrogens (primary N) is 1. The number of aromatic nitrogens is 2. The van der Waals surface area contributed by atoms with Gasteiger partial charge in [-0.2, -0.15) is 4.98 Å². The lowest BCUT2D eigenvalue weighted by Crippen LogP contribution is -2.06. The maximum atomic E-state index is 8.72. The second-order valence-electron chi connectivity index (χ2n) is 4.01. The van der Waals surface area contributed by atoms with Crippen LogP contribution < -0.4 is 15.8 Å². The van der Waals surface area contributed by atoms with Gasteiger partial charge < -0.3 is 20.9 Å². The SMILES string of the molecule is Nc1ccc(Oc2ccnc(NCCCO)n2)c(Cl)c1. The van der Waals surface area contributed by atoms with Crippen LogP contribution in [-0.4, -0.2) is 28.2 Å². The molecule has 2 aromatic rings. The molecule has 7 heteroatoms. The Hall–Kier alpha value is -2.05. The molecule has 0 aliphatic carbocycles. The van der Waals surface area contributed by atoms with E-state index in [1.165, 1.54) is 0 Å². The van der Waals surface area contributed by atoms with Gasteiger partial charge in [-0.05, 0) is 24.6 Å². The highest BCUT2D eigenvalue weighted by Gasteiger charge is 2.05. The first kappa shape index (κ1) is 14.4. The van der Waals surface area contributed by atoms with E-state index in [0.717, 1.165) is 0 Å². The second-order valence-corrected chi connectivity index (χ2v) is 4.42. The highest BCUT2D eigenvalue weighted by atomic mass is 35.5. The monoisotopic (exact) mass is 294 g/mol. The molecule has 0 fully saturated rings. The summed E-state index contributed by atoms with van der Waals surface area (Å²) in [6, 6.07) is 6.61. The van der Waals surface area contributed by atoms with Crippen LogP contribution in [0.2, 0.25) is 5.02 Å². The summed E-state index contributed by atoms with van der Waals surface area (Å²) in [5.74, 6) is 1.28. The fourth-order valence-corrected chi connectivity index (χ4v) is 1.70. The molecule has 0 aliphatic heterocycles. The minimum Gasteiger partial charge on any atom is -0.437 e. The first-order chi connectivity index (χ1) is 9.69. The summed E-state index contributed by atoms with van der Waals surface area (Å²) in [6.45, 7) is 0.701. The first-order valence-corrected chi connectivity index (χ1v) is 6.47. The van der Waals surface area contributed by atoms with Crippen LogP contribution in [0.5, 0.6) is 11.6 Å². The lowest BCUT2D eigenvalue weighted by atomic mass is 10.3. The van der Waals surface area contributed by atoms with Gasteiger partial charge in [0.25, 0.3) is 0 Å². The van der Waals surface area contributed by atoms with E-state index in [1.807, 2.05) is 0 Å². The Balaban J connectivity index is 2.07. The molecule has 2 rings (SSSR count). The van der Waals surface area contributed by atoms with Gasteiger partial charge in [0, 0.05) is 31.1 Å². The van der Waals surface area contributed by atoms with Crippen molar-refractivity contribution in [3.63, 3.8) is 0 Å². The molecule has 1 aromatic carbocycles. The number of rotatable bonds is 6. The highest BCUT2D eigenvalue weighted by molar-refractivity contribution is 6.32. The van der Waals surface area contributed by atoms with Crippen molar-refractivity contribution >= 4 is 23.2 Å². The predicted molar refractivity (Wildman–Crippen MR) is 78.2 cm³/mol. The molecule has 6 nitrogen and oxygen atoms in total. The number of anilines is 2. The summed E-state index contributed by atoms with van der Waals surface area (Å²) >= 11 is 6.03.